The van der Waals surface area contributed by atoms with E-state index in [0.29, 0.717) is 17.7 Å². The van der Waals surface area contributed by atoms with Gasteiger partial charge in [0.1, 0.15) is 13.2 Å². The van der Waals surface area contributed by atoms with Crippen molar-refractivity contribution < 1.29 is 14.3 Å². The third kappa shape index (κ3) is 2.37. The number of halogens is 1. The minimum absolute atomic E-state index is 0.0395. The molecule has 3 aliphatic carbocycles. The molecule has 0 spiro atoms. The van der Waals surface area contributed by atoms with Gasteiger partial charge < -0.3 is 9.47 Å². The van der Waals surface area contributed by atoms with Gasteiger partial charge in [0.2, 0.25) is 5.88 Å². The smallest absolute Gasteiger partial charge is 0.309 e. The lowest BCUT2D eigenvalue weighted by atomic mass is 10.0. The Kier molecular flexibility index (Phi) is 3.25. The van der Waals surface area contributed by atoms with Gasteiger partial charge in [0.05, 0.1) is 18.3 Å². The SMILES string of the molecule is O=C(OCCOc1cncc(Cl)n1)C1[C@H]2[C@H]3CC[C@@H](C3)[C@H]12. The number of ether oxygens (including phenoxy) is 2. The summed E-state index contributed by atoms with van der Waals surface area (Å²) < 4.78 is 10.7. The predicted molar refractivity (Wildman–Crippen MR) is 74.8 cm³/mol. The van der Waals surface area contributed by atoms with Gasteiger partial charge in [-0.05, 0) is 42.9 Å². The van der Waals surface area contributed by atoms with E-state index < -0.39 is 0 Å². The first-order chi connectivity index (χ1) is 10.2. The van der Waals surface area contributed by atoms with E-state index >= 15 is 0 Å². The van der Waals surface area contributed by atoms with Gasteiger partial charge in [0, 0.05) is 0 Å². The third-order valence-electron chi connectivity index (χ3n) is 5.17. The van der Waals surface area contributed by atoms with Crippen molar-refractivity contribution in [3.8, 4) is 5.88 Å². The van der Waals surface area contributed by atoms with E-state index in [2.05, 4.69) is 9.97 Å². The standard InChI is InChI=1S/C15H17ClN2O3/c16-10-6-17-7-11(18-10)20-3-4-21-15(19)14-12-8-1-2-9(5-8)13(12)14/h6-9,12-14H,1-5H2/t8-,9-,12-,13-/m0/s1. The molecule has 0 N–H and O–H groups in total. The number of esters is 1. The van der Waals surface area contributed by atoms with E-state index in [-0.39, 0.29) is 30.3 Å². The van der Waals surface area contributed by atoms with E-state index in [1.165, 1.54) is 31.7 Å². The van der Waals surface area contributed by atoms with Crippen LogP contribution in [0.15, 0.2) is 12.4 Å². The predicted octanol–water partition coefficient (Wildman–Crippen LogP) is 2.34. The van der Waals surface area contributed by atoms with Crippen LogP contribution in [0.2, 0.25) is 5.15 Å². The maximum Gasteiger partial charge on any atom is 0.309 e. The number of hydrogen-bond acceptors (Lipinski definition) is 5. The zero-order chi connectivity index (χ0) is 14.4. The maximum atomic E-state index is 12.1. The number of nitrogens with zero attached hydrogens (tertiary/aromatic N) is 2. The lowest BCUT2D eigenvalue weighted by molar-refractivity contribution is -0.147. The molecule has 5 nitrogen and oxygen atoms in total. The first-order valence-corrected chi connectivity index (χ1v) is 7.89. The topological polar surface area (TPSA) is 61.3 Å². The Morgan fingerprint density at radius 1 is 1.24 bits per heavy atom. The van der Waals surface area contributed by atoms with Gasteiger partial charge in [0.25, 0.3) is 0 Å². The lowest BCUT2D eigenvalue weighted by Gasteiger charge is -2.09. The number of rotatable bonds is 5. The third-order valence-corrected chi connectivity index (χ3v) is 5.35. The Morgan fingerprint density at radius 2 is 2.00 bits per heavy atom. The van der Waals surface area contributed by atoms with Crippen molar-refractivity contribution in [2.75, 3.05) is 13.2 Å². The highest BCUT2D eigenvalue weighted by Crippen LogP contribution is 2.69. The first-order valence-electron chi connectivity index (χ1n) is 7.51. The van der Waals surface area contributed by atoms with Crippen LogP contribution in [0.3, 0.4) is 0 Å². The molecule has 0 saturated heterocycles. The molecule has 2 bridgehead atoms. The molecule has 3 saturated carbocycles. The van der Waals surface area contributed by atoms with E-state index in [0.717, 1.165) is 11.8 Å². The highest BCUT2D eigenvalue weighted by atomic mass is 35.5. The van der Waals surface area contributed by atoms with E-state index in [1.54, 1.807) is 0 Å². The molecular weight excluding hydrogens is 292 g/mol. The molecule has 4 rings (SSSR count). The minimum Gasteiger partial charge on any atom is -0.473 e. The summed E-state index contributed by atoms with van der Waals surface area (Å²) >= 11 is 5.71. The largest absolute Gasteiger partial charge is 0.473 e. The second-order valence-corrected chi connectivity index (χ2v) is 6.60. The van der Waals surface area contributed by atoms with E-state index in [1.807, 2.05) is 0 Å². The molecule has 112 valence electrons. The fourth-order valence-electron chi connectivity index (χ4n) is 4.42. The lowest BCUT2D eigenvalue weighted by Crippen LogP contribution is -2.17. The van der Waals surface area contributed by atoms with Crippen LogP contribution in [0.25, 0.3) is 0 Å². The van der Waals surface area contributed by atoms with Crippen LogP contribution in [0, 0.1) is 29.6 Å². The van der Waals surface area contributed by atoms with Crippen LogP contribution in [0.5, 0.6) is 5.88 Å². The summed E-state index contributed by atoms with van der Waals surface area (Å²) in [5.74, 6) is 3.29. The van der Waals surface area contributed by atoms with Crippen LogP contribution < -0.4 is 4.74 Å². The zero-order valence-corrected chi connectivity index (χ0v) is 12.3. The van der Waals surface area contributed by atoms with Crippen LogP contribution in [-0.4, -0.2) is 29.2 Å². The highest BCUT2D eigenvalue weighted by Gasteiger charge is 2.68. The summed E-state index contributed by atoms with van der Waals surface area (Å²) in [5, 5.41) is 0.283. The summed E-state index contributed by atoms with van der Waals surface area (Å²) in [6, 6.07) is 0. The molecule has 3 fully saturated rings. The van der Waals surface area contributed by atoms with Crippen LogP contribution in [-0.2, 0) is 9.53 Å². The summed E-state index contributed by atoms with van der Waals surface area (Å²) in [7, 11) is 0. The molecule has 0 unspecified atom stereocenters. The quantitative estimate of drug-likeness (QED) is 0.617. The number of fused-ring (bicyclic) bond motifs is 5. The normalized spacial score (nSPS) is 35.4. The van der Waals surface area contributed by atoms with Gasteiger partial charge in [-0.2, -0.15) is 4.98 Å². The second kappa shape index (κ2) is 5.13. The van der Waals surface area contributed by atoms with Crippen molar-refractivity contribution in [1.82, 2.24) is 9.97 Å². The zero-order valence-electron chi connectivity index (χ0n) is 11.6. The number of hydrogen-bond donors (Lipinski definition) is 0. The Morgan fingerprint density at radius 3 is 2.71 bits per heavy atom. The number of carbonyl (C=O) groups excluding carboxylic acids is 1. The van der Waals surface area contributed by atoms with Gasteiger partial charge in [-0.1, -0.05) is 11.6 Å². The molecular formula is C15H17ClN2O3. The molecule has 1 aromatic rings. The first kappa shape index (κ1) is 13.3. The number of aromatic nitrogens is 2. The molecule has 4 atom stereocenters. The molecule has 0 amide bonds. The minimum atomic E-state index is -0.0395. The van der Waals surface area contributed by atoms with Gasteiger partial charge in [-0.3, -0.25) is 9.78 Å². The van der Waals surface area contributed by atoms with E-state index in [4.69, 9.17) is 21.1 Å². The summed E-state index contributed by atoms with van der Waals surface area (Å²) in [6.45, 7) is 0.522. The fourth-order valence-corrected chi connectivity index (χ4v) is 4.56. The van der Waals surface area contributed by atoms with Crippen molar-refractivity contribution >= 4 is 17.6 Å². The molecule has 0 aromatic carbocycles. The van der Waals surface area contributed by atoms with Gasteiger partial charge >= 0.3 is 5.97 Å². The Balaban J connectivity index is 1.21. The molecule has 1 aromatic heterocycles. The molecule has 6 heteroatoms. The fraction of sp³-hybridized carbons (Fsp3) is 0.667. The van der Waals surface area contributed by atoms with Crippen molar-refractivity contribution in [3.05, 3.63) is 17.5 Å². The van der Waals surface area contributed by atoms with Crippen molar-refractivity contribution in [3.63, 3.8) is 0 Å². The van der Waals surface area contributed by atoms with E-state index in [9.17, 15) is 4.79 Å². The Hall–Kier alpha value is -1.36. The monoisotopic (exact) mass is 308 g/mol. The van der Waals surface area contributed by atoms with Gasteiger partial charge in [0.15, 0.2) is 5.15 Å². The maximum absolute atomic E-state index is 12.1. The van der Waals surface area contributed by atoms with Crippen LogP contribution in [0.1, 0.15) is 19.3 Å². The van der Waals surface area contributed by atoms with Gasteiger partial charge in [-0.15, -0.1) is 0 Å². The summed E-state index contributed by atoms with van der Waals surface area (Å²) in [6.07, 6.45) is 6.89. The summed E-state index contributed by atoms with van der Waals surface area (Å²) in [4.78, 5) is 19.9. The van der Waals surface area contributed by atoms with Crippen LogP contribution >= 0.6 is 11.6 Å². The Bertz CT molecular complexity index is 552. The molecule has 0 aliphatic heterocycles. The van der Waals surface area contributed by atoms with Gasteiger partial charge in [-0.25, -0.2) is 0 Å². The second-order valence-electron chi connectivity index (χ2n) is 6.21. The van der Waals surface area contributed by atoms with Crippen molar-refractivity contribution in [2.24, 2.45) is 29.6 Å². The number of carbonyl (C=O) groups is 1. The molecule has 1 heterocycles. The highest BCUT2D eigenvalue weighted by molar-refractivity contribution is 6.29. The van der Waals surface area contributed by atoms with Crippen LogP contribution in [0.4, 0.5) is 0 Å². The average molecular weight is 309 g/mol. The average Bonchev–Trinajstić information content (AvgIpc) is 2.92. The Labute approximate surface area is 128 Å². The molecule has 0 radical (unpaired) electrons. The van der Waals surface area contributed by atoms with Crippen molar-refractivity contribution in [2.45, 2.75) is 19.3 Å². The summed E-state index contributed by atoms with van der Waals surface area (Å²) in [5.41, 5.74) is 0. The van der Waals surface area contributed by atoms with Crippen molar-refractivity contribution in [1.29, 1.82) is 0 Å². The molecule has 3 aliphatic rings. The molecule has 21 heavy (non-hydrogen) atoms.